The van der Waals surface area contributed by atoms with Crippen molar-refractivity contribution in [2.24, 2.45) is 11.8 Å². The molecule has 0 bridgehead atoms. The molecule has 1 aliphatic carbocycles. The van der Waals surface area contributed by atoms with Crippen LogP contribution in [0.15, 0.2) is 4.52 Å². The van der Waals surface area contributed by atoms with Gasteiger partial charge >= 0.3 is 0 Å². The van der Waals surface area contributed by atoms with E-state index in [0.29, 0.717) is 29.6 Å². The molecule has 0 N–H and O–H groups in total. The van der Waals surface area contributed by atoms with E-state index < -0.39 is 0 Å². The molecule has 2 aliphatic heterocycles. The number of carbonyl (C=O) groups is 1. The van der Waals surface area contributed by atoms with Crippen molar-refractivity contribution >= 4 is 5.91 Å². The molecule has 4 rings (SSSR count). The van der Waals surface area contributed by atoms with Gasteiger partial charge in [-0.25, -0.2) is 0 Å². The topological polar surface area (TPSA) is 62.5 Å². The van der Waals surface area contributed by atoms with E-state index in [-0.39, 0.29) is 0 Å². The molecule has 6 nitrogen and oxygen atoms in total. The second-order valence-electron chi connectivity index (χ2n) is 8.07. The maximum atomic E-state index is 12.8. The van der Waals surface area contributed by atoms with Crippen molar-refractivity contribution in [1.82, 2.24) is 19.9 Å². The van der Waals surface area contributed by atoms with Gasteiger partial charge in [-0.1, -0.05) is 18.0 Å². The summed E-state index contributed by atoms with van der Waals surface area (Å²) in [7, 11) is 0. The molecular formula is C19H30N4O2. The number of rotatable bonds is 4. The molecule has 2 saturated heterocycles. The zero-order valence-corrected chi connectivity index (χ0v) is 15.3. The van der Waals surface area contributed by atoms with Crippen LogP contribution in [0.1, 0.15) is 63.1 Å². The molecule has 3 heterocycles. The lowest BCUT2D eigenvalue weighted by Gasteiger charge is -2.40. The molecule has 25 heavy (non-hydrogen) atoms. The summed E-state index contributed by atoms with van der Waals surface area (Å²) in [6.07, 6.45) is 9.52. The first-order valence-corrected chi connectivity index (χ1v) is 10.0. The van der Waals surface area contributed by atoms with Crippen LogP contribution in [0.4, 0.5) is 0 Å². The zero-order chi connectivity index (χ0) is 17.2. The van der Waals surface area contributed by atoms with Gasteiger partial charge in [0.1, 0.15) is 0 Å². The van der Waals surface area contributed by atoms with Crippen molar-refractivity contribution in [2.75, 3.05) is 19.6 Å². The van der Waals surface area contributed by atoms with Crippen molar-refractivity contribution in [1.29, 1.82) is 0 Å². The van der Waals surface area contributed by atoms with Crippen molar-refractivity contribution in [2.45, 2.75) is 70.9 Å². The molecule has 0 radical (unpaired) electrons. The number of carbonyl (C=O) groups excluding carboxylic acids is 1. The molecule has 1 aromatic heterocycles. The first-order valence-electron chi connectivity index (χ1n) is 10.0. The normalized spacial score (nSPS) is 26.6. The lowest BCUT2D eigenvalue weighted by Crippen LogP contribution is -2.48. The minimum Gasteiger partial charge on any atom is -0.339 e. The summed E-state index contributed by atoms with van der Waals surface area (Å²) in [5.74, 6) is 2.88. The number of aromatic nitrogens is 2. The van der Waals surface area contributed by atoms with Crippen LogP contribution >= 0.6 is 0 Å². The summed E-state index contributed by atoms with van der Waals surface area (Å²) in [6.45, 7) is 5.73. The van der Waals surface area contributed by atoms with Gasteiger partial charge in [-0.2, -0.15) is 4.98 Å². The summed E-state index contributed by atoms with van der Waals surface area (Å²) in [5, 5.41) is 3.88. The van der Waals surface area contributed by atoms with Crippen molar-refractivity contribution in [3.05, 3.63) is 11.7 Å². The lowest BCUT2D eigenvalue weighted by atomic mass is 9.86. The Balaban J connectivity index is 1.35. The average molecular weight is 346 g/mol. The number of hydrogen-bond acceptors (Lipinski definition) is 5. The summed E-state index contributed by atoms with van der Waals surface area (Å²) in [4.78, 5) is 21.8. The Bertz CT molecular complexity index is 590. The SMILES string of the molecule is Cc1noc(CN2CCC(C3CCCCCN3C(=O)C3CC3)CC2)n1. The highest BCUT2D eigenvalue weighted by atomic mass is 16.5. The van der Waals surface area contributed by atoms with Gasteiger partial charge < -0.3 is 9.42 Å². The summed E-state index contributed by atoms with van der Waals surface area (Å²) in [5.41, 5.74) is 0. The number of nitrogens with zero attached hydrogens (tertiary/aromatic N) is 4. The number of aryl methyl sites for hydroxylation is 1. The van der Waals surface area contributed by atoms with Crippen LogP contribution in [0.5, 0.6) is 0 Å². The number of likely N-dealkylation sites (tertiary alicyclic amines) is 2. The van der Waals surface area contributed by atoms with Gasteiger partial charge in [0.25, 0.3) is 0 Å². The highest BCUT2D eigenvalue weighted by Gasteiger charge is 2.39. The monoisotopic (exact) mass is 346 g/mol. The Kier molecular flexibility index (Phi) is 5.06. The van der Waals surface area contributed by atoms with Crippen molar-refractivity contribution < 1.29 is 9.32 Å². The first kappa shape index (κ1) is 17.0. The van der Waals surface area contributed by atoms with E-state index in [2.05, 4.69) is 19.9 Å². The van der Waals surface area contributed by atoms with E-state index in [0.717, 1.165) is 44.9 Å². The molecule has 0 aromatic carbocycles. The Morgan fingerprint density at radius 2 is 1.88 bits per heavy atom. The van der Waals surface area contributed by atoms with E-state index >= 15 is 0 Å². The van der Waals surface area contributed by atoms with Gasteiger partial charge in [0.15, 0.2) is 5.82 Å². The third-order valence-corrected chi connectivity index (χ3v) is 6.11. The predicted molar refractivity (Wildman–Crippen MR) is 93.7 cm³/mol. The molecular weight excluding hydrogens is 316 g/mol. The summed E-state index contributed by atoms with van der Waals surface area (Å²) < 4.78 is 5.25. The molecule has 1 amide bonds. The standard InChI is InChI=1S/C19H30N4O2/c1-14-20-18(25-21-14)13-22-11-8-15(9-12-22)17-5-3-2-4-10-23(17)19(24)16-6-7-16/h15-17H,2-13H2,1H3. The molecule has 138 valence electrons. The van der Waals surface area contributed by atoms with Gasteiger partial charge in [0, 0.05) is 18.5 Å². The van der Waals surface area contributed by atoms with Crippen LogP contribution in [0.3, 0.4) is 0 Å². The molecule has 1 atom stereocenters. The van der Waals surface area contributed by atoms with Gasteiger partial charge in [-0.05, 0) is 64.5 Å². The number of amides is 1. The van der Waals surface area contributed by atoms with E-state index in [1.54, 1.807) is 0 Å². The lowest BCUT2D eigenvalue weighted by molar-refractivity contribution is -0.136. The fraction of sp³-hybridized carbons (Fsp3) is 0.842. The van der Waals surface area contributed by atoms with Crippen LogP contribution in [0.2, 0.25) is 0 Å². The Morgan fingerprint density at radius 3 is 2.56 bits per heavy atom. The van der Waals surface area contributed by atoms with E-state index in [1.165, 1.54) is 38.5 Å². The Hall–Kier alpha value is -1.43. The maximum Gasteiger partial charge on any atom is 0.240 e. The third kappa shape index (κ3) is 4.05. The van der Waals surface area contributed by atoms with Crippen LogP contribution in [-0.4, -0.2) is 51.5 Å². The number of piperidine rings is 1. The Labute approximate surface area is 149 Å². The van der Waals surface area contributed by atoms with E-state index in [1.807, 2.05) is 6.92 Å². The molecule has 1 aromatic rings. The van der Waals surface area contributed by atoms with Gasteiger partial charge in [-0.3, -0.25) is 9.69 Å². The molecule has 3 aliphatic rings. The largest absolute Gasteiger partial charge is 0.339 e. The van der Waals surface area contributed by atoms with Crippen molar-refractivity contribution in [3.8, 4) is 0 Å². The molecule has 6 heteroatoms. The van der Waals surface area contributed by atoms with E-state index in [9.17, 15) is 4.79 Å². The van der Waals surface area contributed by atoms with Gasteiger partial charge in [0.05, 0.1) is 6.54 Å². The molecule has 1 saturated carbocycles. The van der Waals surface area contributed by atoms with Crippen molar-refractivity contribution in [3.63, 3.8) is 0 Å². The molecule has 3 fully saturated rings. The van der Waals surface area contributed by atoms with E-state index in [4.69, 9.17) is 4.52 Å². The minimum atomic E-state index is 0.349. The molecule has 1 unspecified atom stereocenters. The summed E-state index contributed by atoms with van der Waals surface area (Å²) in [6, 6.07) is 0.475. The zero-order valence-electron chi connectivity index (χ0n) is 15.3. The van der Waals surface area contributed by atoms with Gasteiger partial charge in [0.2, 0.25) is 11.8 Å². The fourth-order valence-electron chi connectivity index (χ4n) is 4.55. The second kappa shape index (κ2) is 7.44. The quantitative estimate of drug-likeness (QED) is 0.839. The molecule has 0 spiro atoms. The number of hydrogen-bond donors (Lipinski definition) is 0. The highest BCUT2D eigenvalue weighted by Crippen LogP contribution is 2.36. The first-order chi connectivity index (χ1) is 12.2. The fourth-order valence-corrected chi connectivity index (χ4v) is 4.55. The second-order valence-corrected chi connectivity index (χ2v) is 8.07. The summed E-state index contributed by atoms with van der Waals surface area (Å²) >= 11 is 0. The van der Waals surface area contributed by atoms with Crippen LogP contribution in [0, 0.1) is 18.8 Å². The maximum absolute atomic E-state index is 12.8. The predicted octanol–water partition coefficient (Wildman–Crippen LogP) is 2.77. The highest BCUT2D eigenvalue weighted by molar-refractivity contribution is 5.81. The van der Waals surface area contributed by atoms with Crippen LogP contribution in [0.25, 0.3) is 0 Å². The third-order valence-electron chi connectivity index (χ3n) is 6.11. The average Bonchev–Trinajstić information content (AvgIpc) is 3.42. The Morgan fingerprint density at radius 1 is 1.08 bits per heavy atom. The van der Waals surface area contributed by atoms with Gasteiger partial charge in [-0.15, -0.1) is 0 Å². The van der Waals surface area contributed by atoms with Crippen LogP contribution in [-0.2, 0) is 11.3 Å². The smallest absolute Gasteiger partial charge is 0.240 e. The van der Waals surface area contributed by atoms with Crippen LogP contribution < -0.4 is 0 Å². The minimum absolute atomic E-state index is 0.349.